The highest BCUT2D eigenvalue weighted by Crippen LogP contribution is 2.42. The highest BCUT2D eigenvalue weighted by Gasteiger charge is 2.34. The maximum Gasteiger partial charge on any atom is 0.278 e. The first kappa shape index (κ1) is 20.2. The monoisotopic (exact) mass is 482 g/mol. The Morgan fingerprint density at radius 2 is 1.90 bits per heavy atom. The number of nitrogens with one attached hydrogen (secondary N) is 1. The fourth-order valence-electron chi connectivity index (χ4n) is 3.74. The minimum atomic E-state index is -0.252. The van der Waals surface area contributed by atoms with Gasteiger partial charge in [-0.15, -0.1) is 5.10 Å². The topological polar surface area (TPSA) is 78.3 Å². The number of anilines is 1. The van der Waals surface area contributed by atoms with E-state index in [9.17, 15) is 4.79 Å². The van der Waals surface area contributed by atoms with Crippen LogP contribution in [0, 0.1) is 0 Å². The van der Waals surface area contributed by atoms with Crippen LogP contribution < -0.4 is 10.1 Å². The van der Waals surface area contributed by atoms with Crippen molar-refractivity contribution in [3.05, 3.63) is 64.4 Å². The van der Waals surface area contributed by atoms with Gasteiger partial charge in [0.2, 0.25) is 0 Å². The Balaban J connectivity index is 1.28. The molecule has 1 atom stereocenters. The maximum atomic E-state index is 13.0. The second-order valence-electron chi connectivity index (χ2n) is 7.91. The van der Waals surface area contributed by atoms with Crippen LogP contribution in [0.25, 0.3) is 5.69 Å². The lowest BCUT2D eigenvalue weighted by atomic mass is 10.2. The van der Waals surface area contributed by atoms with Crippen LogP contribution in [-0.2, 0) is 4.74 Å². The number of benzene rings is 2. The van der Waals surface area contributed by atoms with Crippen LogP contribution in [-0.4, -0.2) is 40.2 Å². The highest BCUT2D eigenvalue weighted by atomic mass is 79.9. The number of aromatic nitrogens is 3. The van der Waals surface area contributed by atoms with Crippen molar-refractivity contribution in [1.29, 1.82) is 0 Å². The zero-order valence-electron chi connectivity index (χ0n) is 17.0. The molecule has 1 saturated carbocycles. The van der Waals surface area contributed by atoms with Crippen molar-refractivity contribution in [2.24, 2.45) is 0 Å². The van der Waals surface area contributed by atoms with Crippen molar-refractivity contribution in [2.45, 2.75) is 37.7 Å². The summed E-state index contributed by atoms with van der Waals surface area (Å²) in [6.45, 7) is 1.36. The summed E-state index contributed by atoms with van der Waals surface area (Å²) < 4.78 is 14.1. The molecule has 5 rings (SSSR count). The minimum Gasteiger partial charge on any atom is -0.491 e. The maximum absolute atomic E-state index is 13.0. The predicted molar refractivity (Wildman–Crippen MR) is 120 cm³/mol. The molecule has 1 N–H and O–H groups in total. The van der Waals surface area contributed by atoms with Crippen LogP contribution in [0.5, 0.6) is 5.75 Å². The van der Waals surface area contributed by atoms with Crippen molar-refractivity contribution in [2.75, 3.05) is 18.5 Å². The van der Waals surface area contributed by atoms with Crippen LogP contribution >= 0.6 is 15.9 Å². The number of hydrogen-bond acceptors (Lipinski definition) is 5. The smallest absolute Gasteiger partial charge is 0.278 e. The van der Waals surface area contributed by atoms with Gasteiger partial charge in [-0.3, -0.25) is 4.79 Å². The summed E-state index contributed by atoms with van der Waals surface area (Å²) in [5.41, 5.74) is 2.83. The quantitative estimate of drug-likeness (QED) is 0.527. The normalized spacial score (nSPS) is 18.2. The number of ether oxygens (including phenoxy) is 2. The Hall–Kier alpha value is -2.71. The molecule has 2 aromatic carbocycles. The molecule has 0 radical (unpaired) electrons. The third-order valence-corrected chi connectivity index (χ3v) is 6.06. The summed E-state index contributed by atoms with van der Waals surface area (Å²) >= 11 is 3.45. The second kappa shape index (κ2) is 8.80. The molecule has 3 aromatic rings. The fraction of sp³-hybridized carbons (Fsp3) is 0.348. The first-order chi connectivity index (χ1) is 15.2. The molecular formula is C23H23BrN4O3. The van der Waals surface area contributed by atoms with Gasteiger partial charge in [-0.25, -0.2) is 4.68 Å². The van der Waals surface area contributed by atoms with Gasteiger partial charge in [-0.1, -0.05) is 21.1 Å². The Kier molecular flexibility index (Phi) is 5.74. The number of carbonyl (C=O) groups excluding carboxylic acids is 1. The molecule has 1 unspecified atom stereocenters. The van der Waals surface area contributed by atoms with E-state index < -0.39 is 0 Å². The Bertz CT molecular complexity index is 1060. The number of halogens is 1. The Morgan fingerprint density at radius 1 is 1.13 bits per heavy atom. The summed E-state index contributed by atoms with van der Waals surface area (Å²) in [5, 5.41) is 11.4. The molecule has 1 aromatic heterocycles. The van der Waals surface area contributed by atoms with Crippen molar-refractivity contribution in [1.82, 2.24) is 15.0 Å². The summed E-state index contributed by atoms with van der Waals surface area (Å²) in [6.07, 6.45) is 4.39. The van der Waals surface area contributed by atoms with Crippen LogP contribution in [0.3, 0.4) is 0 Å². The van der Waals surface area contributed by atoms with Gasteiger partial charge in [0.15, 0.2) is 5.69 Å². The first-order valence-corrected chi connectivity index (χ1v) is 11.3. The van der Waals surface area contributed by atoms with E-state index in [1.165, 1.54) is 0 Å². The molecule has 0 spiro atoms. The number of nitrogens with zero attached hydrogens (tertiary/aromatic N) is 3. The third kappa shape index (κ3) is 4.65. The third-order valence-electron chi connectivity index (χ3n) is 5.53. The van der Waals surface area contributed by atoms with Crippen molar-refractivity contribution in [3.8, 4) is 11.4 Å². The van der Waals surface area contributed by atoms with E-state index >= 15 is 0 Å². The van der Waals surface area contributed by atoms with E-state index in [1.807, 2.05) is 48.5 Å². The summed E-state index contributed by atoms with van der Waals surface area (Å²) in [7, 11) is 0. The summed E-state index contributed by atoms with van der Waals surface area (Å²) in [6, 6.07) is 15.2. The predicted octanol–water partition coefficient (Wildman–Crippen LogP) is 4.72. The van der Waals surface area contributed by atoms with Crippen LogP contribution in [0.2, 0.25) is 0 Å². The first-order valence-electron chi connectivity index (χ1n) is 10.5. The zero-order valence-corrected chi connectivity index (χ0v) is 18.5. The van der Waals surface area contributed by atoms with E-state index in [1.54, 1.807) is 4.68 Å². The molecule has 2 heterocycles. The number of carbonyl (C=O) groups is 1. The average Bonchev–Trinajstić information content (AvgIpc) is 3.30. The zero-order chi connectivity index (χ0) is 21.2. The van der Waals surface area contributed by atoms with Gasteiger partial charge in [0, 0.05) is 22.7 Å². The lowest BCUT2D eigenvalue weighted by molar-refractivity contribution is 0.0679. The standard InChI is InChI=1S/C23H23BrN4O3/c24-16-5-9-18(10-6-16)28-22(15-3-4-15)21(26-27-28)23(29)25-17-7-11-19(12-8-17)31-14-20-2-1-13-30-20/h5-12,15,20H,1-4,13-14H2,(H,25,29). The molecule has 7 nitrogen and oxygen atoms in total. The molecule has 2 fully saturated rings. The van der Waals surface area contributed by atoms with Gasteiger partial charge in [0.1, 0.15) is 12.4 Å². The largest absolute Gasteiger partial charge is 0.491 e. The molecule has 1 aliphatic carbocycles. The second-order valence-corrected chi connectivity index (χ2v) is 8.83. The van der Waals surface area contributed by atoms with Crippen LogP contribution in [0.15, 0.2) is 53.0 Å². The van der Waals surface area contributed by atoms with E-state index in [4.69, 9.17) is 9.47 Å². The van der Waals surface area contributed by atoms with E-state index in [0.717, 1.165) is 53.9 Å². The molecule has 1 amide bonds. The molecule has 8 heteroatoms. The van der Waals surface area contributed by atoms with Gasteiger partial charge in [-0.05, 0) is 74.2 Å². The van der Waals surface area contributed by atoms with E-state index in [-0.39, 0.29) is 12.0 Å². The SMILES string of the molecule is O=C(Nc1ccc(OCC2CCCO2)cc1)c1nnn(-c2ccc(Br)cc2)c1C1CC1. The molecule has 1 aliphatic heterocycles. The van der Waals surface area contributed by atoms with E-state index in [0.29, 0.717) is 23.9 Å². The van der Waals surface area contributed by atoms with Gasteiger partial charge in [-0.2, -0.15) is 0 Å². The number of hydrogen-bond donors (Lipinski definition) is 1. The summed E-state index contributed by atoms with van der Waals surface area (Å²) in [5.74, 6) is 0.819. The average molecular weight is 483 g/mol. The Morgan fingerprint density at radius 3 is 2.58 bits per heavy atom. The Labute approximate surface area is 188 Å². The minimum absolute atomic E-state index is 0.175. The van der Waals surface area contributed by atoms with E-state index in [2.05, 4.69) is 31.6 Å². The molecular weight excluding hydrogens is 460 g/mol. The lowest BCUT2D eigenvalue weighted by Crippen LogP contribution is -2.16. The lowest BCUT2D eigenvalue weighted by Gasteiger charge is -2.12. The van der Waals surface area contributed by atoms with Crippen LogP contribution in [0.4, 0.5) is 5.69 Å². The van der Waals surface area contributed by atoms with Gasteiger partial charge < -0.3 is 14.8 Å². The molecule has 31 heavy (non-hydrogen) atoms. The molecule has 1 saturated heterocycles. The van der Waals surface area contributed by atoms with Crippen molar-refractivity contribution < 1.29 is 14.3 Å². The number of rotatable bonds is 7. The van der Waals surface area contributed by atoms with Crippen LogP contribution in [0.1, 0.15) is 47.8 Å². The summed E-state index contributed by atoms with van der Waals surface area (Å²) in [4.78, 5) is 13.0. The van der Waals surface area contributed by atoms with Crippen molar-refractivity contribution >= 4 is 27.5 Å². The molecule has 2 aliphatic rings. The molecule has 0 bridgehead atoms. The van der Waals surface area contributed by atoms with Gasteiger partial charge >= 0.3 is 0 Å². The molecule has 160 valence electrons. The number of amides is 1. The van der Waals surface area contributed by atoms with Crippen molar-refractivity contribution in [3.63, 3.8) is 0 Å². The fourth-order valence-corrected chi connectivity index (χ4v) is 4.00. The van der Waals surface area contributed by atoms with Gasteiger partial charge in [0.25, 0.3) is 5.91 Å². The highest BCUT2D eigenvalue weighted by molar-refractivity contribution is 9.10. The van der Waals surface area contributed by atoms with Gasteiger partial charge in [0.05, 0.1) is 17.5 Å².